The zero-order valence-electron chi connectivity index (χ0n) is 14.4. The van der Waals surface area contributed by atoms with Crippen molar-refractivity contribution in [2.24, 2.45) is 0 Å². The van der Waals surface area contributed by atoms with Crippen LogP contribution < -0.4 is 5.32 Å². The number of nitrogens with zero attached hydrogens (tertiary/aromatic N) is 4. The molecule has 1 aromatic heterocycles. The minimum Gasteiger partial charge on any atom is -0.325 e. The molecule has 0 aliphatic carbocycles. The van der Waals surface area contributed by atoms with Gasteiger partial charge in [-0.25, -0.2) is 0 Å². The second-order valence-electron chi connectivity index (χ2n) is 6.45. The summed E-state index contributed by atoms with van der Waals surface area (Å²) >= 11 is 0. The molecule has 0 unspecified atom stereocenters. The van der Waals surface area contributed by atoms with E-state index in [1.165, 1.54) is 4.80 Å². The van der Waals surface area contributed by atoms with E-state index in [9.17, 15) is 9.59 Å². The number of anilines is 1. The van der Waals surface area contributed by atoms with E-state index in [-0.39, 0.29) is 24.2 Å². The minimum atomic E-state index is -0.254. The van der Waals surface area contributed by atoms with Crippen molar-refractivity contribution in [1.82, 2.24) is 20.2 Å². The number of hydrogen-bond acceptors (Lipinski definition) is 5. The summed E-state index contributed by atoms with van der Waals surface area (Å²) in [5.74, 6) is 0.0445. The third-order valence-electron chi connectivity index (χ3n) is 4.54. The maximum Gasteiger partial charge on any atom is 0.231 e. The minimum absolute atomic E-state index is 0.00654. The lowest BCUT2D eigenvalue weighted by atomic mass is 9.99. The zero-order chi connectivity index (χ0) is 18.3. The number of aryl methyl sites for hydroxylation is 1. The van der Waals surface area contributed by atoms with Gasteiger partial charge >= 0.3 is 0 Å². The van der Waals surface area contributed by atoms with Gasteiger partial charge in [0.25, 0.3) is 0 Å². The lowest BCUT2D eigenvalue weighted by molar-refractivity contribution is -0.116. The molecule has 1 atom stereocenters. The van der Waals surface area contributed by atoms with E-state index < -0.39 is 0 Å². The Morgan fingerprint density at radius 1 is 1.19 bits per heavy atom. The highest BCUT2D eigenvalue weighted by Gasteiger charge is 2.27. The Balaban J connectivity index is 1.53. The number of aromatic nitrogens is 4. The first kappa shape index (κ1) is 16.1. The Morgan fingerprint density at radius 3 is 2.73 bits per heavy atom. The summed E-state index contributed by atoms with van der Waals surface area (Å²) in [4.78, 5) is 25.6. The van der Waals surface area contributed by atoms with Gasteiger partial charge in [0.05, 0.1) is 5.92 Å². The lowest BCUT2D eigenvalue weighted by Crippen LogP contribution is -2.13. The molecule has 3 aromatic rings. The molecule has 1 aliphatic rings. The highest BCUT2D eigenvalue weighted by molar-refractivity contribution is 6.04. The molecule has 7 nitrogen and oxygen atoms in total. The van der Waals surface area contributed by atoms with Gasteiger partial charge in [-0.05, 0) is 42.8 Å². The number of Topliss-reactive ketones (excluding diaryl/α,β-unsaturated/α-hetero) is 1. The van der Waals surface area contributed by atoms with Crippen LogP contribution in [0.4, 0.5) is 5.69 Å². The average Bonchev–Trinajstić information content (AvgIpc) is 3.20. The third-order valence-corrected chi connectivity index (χ3v) is 4.54. The Labute approximate surface area is 150 Å². The van der Waals surface area contributed by atoms with Gasteiger partial charge in [-0.1, -0.05) is 29.8 Å². The van der Waals surface area contributed by atoms with Gasteiger partial charge in [0.15, 0.2) is 5.78 Å². The smallest absolute Gasteiger partial charge is 0.231 e. The first-order valence-electron chi connectivity index (χ1n) is 8.34. The van der Waals surface area contributed by atoms with E-state index in [1.807, 2.05) is 38.1 Å². The zero-order valence-corrected chi connectivity index (χ0v) is 14.4. The van der Waals surface area contributed by atoms with Crippen LogP contribution in [0.5, 0.6) is 0 Å². The molecule has 1 amide bonds. The molecule has 130 valence electrons. The van der Waals surface area contributed by atoms with E-state index >= 15 is 0 Å². The van der Waals surface area contributed by atoms with Crippen LogP contribution in [0.1, 0.15) is 34.3 Å². The number of fused-ring (bicyclic) bond motifs is 1. The van der Waals surface area contributed by atoms with Crippen LogP contribution in [0.25, 0.3) is 11.4 Å². The number of benzene rings is 2. The van der Waals surface area contributed by atoms with Gasteiger partial charge in [-0.3, -0.25) is 9.59 Å². The van der Waals surface area contributed by atoms with Gasteiger partial charge in [0.1, 0.15) is 6.54 Å². The van der Waals surface area contributed by atoms with E-state index in [0.29, 0.717) is 11.4 Å². The molecule has 0 saturated heterocycles. The Bertz CT molecular complexity index is 1010. The monoisotopic (exact) mass is 347 g/mol. The molecule has 26 heavy (non-hydrogen) atoms. The van der Waals surface area contributed by atoms with E-state index in [1.54, 1.807) is 18.2 Å². The van der Waals surface area contributed by atoms with Gasteiger partial charge in [-0.15, -0.1) is 10.2 Å². The fourth-order valence-electron chi connectivity index (χ4n) is 2.94. The molecule has 0 bridgehead atoms. The van der Waals surface area contributed by atoms with Crippen molar-refractivity contribution >= 4 is 17.4 Å². The van der Waals surface area contributed by atoms with Crippen molar-refractivity contribution in [2.75, 3.05) is 5.32 Å². The highest BCUT2D eigenvalue weighted by Crippen LogP contribution is 2.32. The van der Waals surface area contributed by atoms with Gasteiger partial charge in [0.2, 0.25) is 11.7 Å². The number of tetrazole rings is 1. The van der Waals surface area contributed by atoms with Crippen molar-refractivity contribution in [3.05, 3.63) is 59.2 Å². The van der Waals surface area contributed by atoms with Crippen molar-refractivity contribution < 1.29 is 9.59 Å². The fourth-order valence-corrected chi connectivity index (χ4v) is 2.94. The molecule has 2 heterocycles. The Kier molecular flexibility index (Phi) is 3.84. The molecule has 2 aromatic carbocycles. The molecular weight excluding hydrogens is 330 g/mol. The van der Waals surface area contributed by atoms with Gasteiger partial charge < -0.3 is 5.32 Å². The second-order valence-corrected chi connectivity index (χ2v) is 6.45. The molecular formula is C19H17N5O2. The molecule has 4 rings (SSSR count). The summed E-state index contributed by atoms with van der Waals surface area (Å²) in [5.41, 5.74) is 4.13. The SMILES string of the molecule is Cc1ccc(-c2nnn(CC(=O)c3ccc4c(c3)[C@@H](C)C(=O)N4)n2)cc1. The van der Waals surface area contributed by atoms with Crippen molar-refractivity contribution in [3.63, 3.8) is 0 Å². The van der Waals surface area contributed by atoms with E-state index in [2.05, 4.69) is 20.7 Å². The maximum absolute atomic E-state index is 12.6. The molecule has 1 N–H and O–H groups in total. The molecule has 0 fully saturated rings. The van der Waals surface area contributed by atoms with Crippen LogP contribution in [0.3, 0.4) is 0 Å². The summed E-state index contributed by atoms with van der Waals surface area (Å²) in [6, 6.07) is 13.0. The Hall–Kier alpha value is -3.35. The number of hydrogen-bond donors (Lipinski definition) is 1. The summed E-state index contributed by atoms with van der Waals surface area (Å²) < 4.78 is 0. The largest absolute Gasteiger partial charge is 0.325 e. The van der Waals surface area contributed by atoms with E-state index in [4.69, 9.17) is 0 Å². The molecule has 0 radical (unpaired) electrons. The topological polar surface area (TPSA) is 89.8 Å². The van der Waals surface area contributed by atoms with Gasteiger partial charge in [-0.2, -0.15) is 4.80 Å². The number of rotatable bonds is 4. The van der Waals surface area contributed by atoms with Gasteiger partial charge in [0, 0.05) is 16.8 Å². The van der Waals surface area contributed by atoms with E-state index in [0.717, 1.165) is 22.4 Å². The normalized spacial score (nSPS) is 15.6. The molecule has 0 spiro atoms. The Morgan fingerprint density at radius 2 is 1.96 bits per heavy atom. The summed E-state index contributed by atoms with van der Waals surface area (Å²) in [6.07, 6.45) is 0. The number of amides is 1. The van der Waals surface area contributed by atoms with Crippen LogP contribution in [0.2, 0.25) is 0 Å². The first-order valence-corrected chi connectivity index (χ1v) is 8.34. The predicted molar refractivity (Wildman–Crippen MR) is 95.8 cm³/mol. The summed E-state index contributed by atoms with van der Waals surface area (Å²) in [6.45, 7) is 3.82. The predicted octanol–water partition coefficient (Wildman–Crippen LogP) is 2.59. The summed E-state index contributed by atoms with van der Waals surface area (Å²) in [7, 11) is 0. The van der Waals surface area contributed by atoms with Crippen LogP contribution >= 0.6 is 0 Å². The average molecular weight is 347 g/mol. The van der Waals surface area contributed by atoms with Crippen molar-refractivity contribution in [3.8, 4) is 11.4 Å². The molecule has 1 aliphatic heterocycles. The van der Waals surface area contributed by atoms with Crippen molar-refractivity contribution in [1.29, 1.82) is 0 Å². The first-order chi connectivity index (χ1) is 12.5. The standard InChI is InChI=1S/C19H17N5O2/c1-11-3-5-13(6-4-11)18-21-23-24(22-18)10-17(25)14-7-8-16-15(9-14)12(2)19(26)20-16/h3-9,12H,10H2,1-2H3,(H,20,26)/t12-/m1/s1. The third kappa shape index (κ3) is 2.88. The fraction of sp³-hybridized carbons (Fsp3) is 0.211. The number of nitrogens with one attached hydrogen (secondary N) is 1. The maximum atomic E-state index is 12.6. The number of carbonyl (C=O) groups is 2. The molecule has 7 heteroatoms. The highest BCUT2D eigenvalue weighted by atomic mass is 16.2. The number of ketones is 1. The van der Waals surface area contributed by atoms with Crippen LogP contribution in [-0.2, 0) is 11.3 Å². The van der Waals surface area contributed by atoms with Crippen LogP contribution in [0.15, 0.2) is 42.5 Å². The van der Waals surface area contributed by atoms with Crippen molar-refractivity contribution in [2.45, 2.75) is 26.3 Å². The van der Waals surface area contributed by atoms with Crippen LogP contribution in [-0.4, -0.2) is 31.9 Å². The van der Waals surface area contributed by atoms with Crippen LogP contribution in [0, 0.1) is 6.92 Å². The number of carbonyl (C=O) groups excluding carboxylic acids is 2. The second kappa shape index (κ2) is 6.18. The molecule has 0 saturated carbocycles. The quantitative estimate of drug-likeness (QED) is 0.733. The lowest BCUT2D eigenvalue weighted by Gasteiger charge is -2.05. The summed E-state index contributed by atoms with van der Waals surface area (Å²) in [5, 5.41) is 15.1.